The van der Waals surface area contributed by atoms with Crippen molar-refractivity contribution in [1.29, 1.82) is 0 Å². The lowest BCUT2D eigenvalue weighted by molar-refractivity contribution is -0.318. The lowest BCUT2D eigenvalue weighted by atomic mass is 9.78. The molecule has 16 heteroatoms. The van der Waals surface area contributed by atoms with Gasteiger partial charge in [-0.3, -0.25) is 0 Å². The zero-order valence-electron chi connectivity index (χ0n) is 36.3. The first-order chi connectivity index (χ1) is 25.8. The Morgan fingerprint density at radius 1 is 1.05 bits per heavy atom. The number of hydrogen-bond acceptors (Lipinski definition) is 16. The molecule has 0 radical (unpaired) electrons. The van der Waals surface area contributed by atoms with Crippen molar-refractivity contribution in [3.05, 3.63) is 0 Å². The number of aldehydes is 1. The van der Waals surface area contributed by atoms with Gasteiger partial charge in [-0.1, -0.05) is 27.7 Å². The van der Waals surface area contributed by atoms with Gasteiger partial charge in [0, 0.05) is 38.0 Å². The van der Waals surface area contributed by atoms with Crippen LogP contribution in [0.3, 0.4) is 0 Å². The predicted octanol–water partition coefficient (Wildman–Crippen LogP) is 1.08. The summed E-state index contributed by atoms with van der Waals surface area (Å²) in [5.41, 5.74) is -4.42. The fraction of sp³-hybridized carbons (Fsp3) is 0.950. The molecule has 0 unspecified atom stereocenters. The molecule has 0 aromatic rings. The highest BCUT2D eigenvalue weighted by Gasteiger charge is 2.51. The minimum Gasteiger partial charge on any atom is -0.454 e. The number of aliphatic hydroxyl groups excluding tert-OH is 4. The first-order valence-electron chi connectivity index (χ1n) is 20.1. The van der Waals surface area contributed by atoms with Crippen LogP contribution in [0, 0.1) is 17.8 Å². The van der Waals surface area contributed by atoms with Crippen LogP contribution in [0.15, 0.2) is 0 Å². The third-order valence-electron chi connectivity index (χ3n) is 12.2. The Labute approximate surface area is 334 Å². The largest absolute Gasteiger partial charge is 0.454 e. The standard InChI is InChI=1S/C40H76N2O14/c1-15-29(45)40(10,50)34(47)26(6)42(13)19-22(2)17-38(8,49)36(56-37-33(54-30(46)21-44)28(41(11)12)16-24(4)52-37)25(5)32(23(3)20-43)55-31-18-39(9,51-14)35(48)27(7)53-31/h20,22-29,31-37,44-45,47-50H,15-19,21H2,1-14H3/t22-,23+,24-,25+,26-,27+,28+,29-,31+,32-,33-,34-,35+,36-,37+,38-,39-,40+/m1/s1. The number of ether oxygens (including phenoxy) is 6. The average Bonchev–Trinajstić information content (AvgIpc) is 3.13. The fourth-order valence-corrected chi connectivity index (χ4v) is 8.57. The van der Waals surface area contributed by atoms with E-state index in [9.17, 15) is 40.2 Å². The number of carbonyl (C=O) groups excluding carboxylic acids is 2. The van der Waals surface area contributed by atoms with Crippen LogP contribution in [0.4, 0.5) is 0 Å². The highest BCUT2D eigenvalue weighted by atomic mass is 16.7. The Balaban J connectivity index is 2.58. The molecule has 0 spiro atoms. The molecule has 0 aliphatic carbocycles. The van der Waals surface area contributed by atoms with Crippen molar-refractivity contribution in [3.63, 3.8) is 0 Å². The number of esters is 1. The maximum absolute atomic E-state index is 12.6. The minimum absolute atomic E-state index is 0.136. The van der Waals surface area contributed by atoms with E-state index in [2.05, 4.69) is 0 Å². The van der Waals surface area contributed by atoms with Gasteiger partial charge in [-0.25, -0.2) is 4.79 Å². The summed E-state index contributed by atoms with van der Waals surface area (Å²) in [6, 6.07) is -0.952. The first-order valence-corrected chi connectivity index (χ1v) is 20.1. The van der Waals surface area contributed by atoms with Crippen molar-refractivity contribution in [2.75, 3.05) is 41.4 Å². The second kappa shape index (κ2) is 21.2. The molecule has 2 rings (SSSR count). The van der Waals surface area contributed by atoms with Gasteiger partial charge in [0.15, 0.2) is 18.7 Å². The first kappa shape index (κ1) is 50.8. The van der Waals surface area contributed by atoms with Crippen molar-refractivity contribution in [1.82, 2.24) is 9.80 Å². The van der Waals surface area contributed by atoms with Crippen LogP contribution in [0.1, 0.15) is 94.9 Å². The second-order valence-electron chi connectivity index (χ2n) is 17.6. The smallest absolute Gasteiger partial charge is 0.332 e. The maximum atomic E-state index is 12.6. The molecule has 330 valence electrons. The molecule has 6 N–H and O–H groups in total. The molecule has 0 aromatic carbocycles. The molecule has 2 aliphatic rings. The second-order valence-corrected chi connectivity index (χ2v) is 17.6. The van der Waals surface area contributed by atoms with Gasteiger partial charge in [0.1, 0.15) is 30.7 Å². The Morgan fingerprint density at radius 3 is 2.18 bits per heavy atom. The topological polar surface area (TPSA) is 217 Å². The normalized spacial score (nSPS) is 34.0. The molecule has 16 nitrogen and oxygen atoms in total. The molecule has 0 amide bonds. The molecule has 2 fully saturated rings. The summed E-state index contributed by atoms with van der Waals surface area (Å²) in [7, 11) is 6.95. The summed E-state index contributed by atoms with van der Waals surface area (Å²) in [4.78, 5) is 28.8. The third kappa shape index (κ3) is 12.6. The number of aliphatic hydroxyl groups is 6. The van der Waals surface area contributed by atoms with Gasteiger partial charge < -0.3 is 73.7 Å². The van der Waals surface area contributed by atoms with Gasteiger partial charge in [-0.05, 0) is 87.9 Å². The quantitative estimate of drug-likeness (QED) is 0.0666. The molecule has 0 saturated carbocycles. The summed E-state index contributed by atoms with van der Waals surface area (Å²) in [6.07, 6.45) is -7.72. The van der Waals surface area contributed by atoms with Crippen molar-refractivity contribution in [3.8, 4) is 0 Å². The summed E-state index contributed by atoms with van der Waals surface area (Å²) in [6.45, 7) is 16.7. The number of hydrogen-bond donors (Lipinski definition) is 6. The van der Waals surface area contributed by atoms with Crippen molar-refractivity contribution < 1.29 is 68.6 Å². The van der Waals surface area contributed by atoms with E-state index in [4.69, 9.17) is 28.4 Å². The highest BCUT2D eigenvalue weighted by Crippen LogP contribution is 2.39. The minimum atomic E-state index is -1.76. The SMILES string of the molecule is CC[C@@H](O)[C@](C)(O)[C@H](O)[C@@H](C)N(C)C[C@H](C)C[C@@](C)(O)[C@H](O[C@@H]1O[C@H](C)C[C@H](N(C)C)[C@H]1OC(=O)CO)[C@@H](C)[C@H](O[C@H]1C[C@@](C)(OC)[C@@H](O)[C@H](C)O1)[C@@H](C)C=O. The maximum Gasteiger partial charge on any atom is 0.332 e. The van der Waals surface area contributed by atoms with E-state index in [0.29, 0.717) is 13.0 Å². The van der Waals surface area contributed by atoms with Gasteiger partial charge >= 0.3 is 5.97 Å². The lowest BCUT2D eigenvalue weighted by Gasteiger charge is -2.49. The summed E-state index contributed by atoms with van der Waals surface area (Å²) in [5.74, 6) is -2.59. The van der Waals surface area contributed by atoms with Crippen LogP contribution in [0.2, 0.25) is 0 Å². The molecule has 2 aliphatic heterocycles. The highest BCUT2D eigenvalue weighted by molar-refractivity contribution is 5.70. The number of rotatable bonds is 22. The van der Waals surface area contributed by atoms with Crippen LogP contribution in [-0.2, 0) is 38.0 Å². The zero-order valence-corrected chi connectivity index (χ0v) is 36.3. The molecule has 56 heavy (non-hydrogen) atoms. The van der Waals surface area contributed by atoms with Gasteiger partial charge in [0.05, 0.1) is 47.8 Å². The predicted molar refractivity (Wildman–Crippen MR) is 207 cm³/mol. The van der Waals surface area contributed by atoms with E-state index >= 15 is 0 Å². The Hall–Kier alpha value is -1.38. The molecule has 0 bridgehead atoms. The lowest BCUT2D eigenvalue weighted by Crippen LogP contribution is -2.61. The molecular weight excluding hydrogens is 732 g/mol. The summed E-state index contributed by atoms with van der Waals surface area (Å²) >= 11 is 0. The van der Waals surface area contributed by atoms with Crippen LogP contribution < -0.4 is 0 Å². The third-order valence-corrected chi connectivity index (χ3v) is 12.2. The van der Waals surface area contributed by atoms with Crippen LogP contribution in [0.5, 0.6) is 0 Å². The van der Waals surface area contributed by atoms with E-state index < -0.39 is 103 Å². The van der Waals surface area contributed by atoms with Gasteiger partial charge in [0.25, 0.3) is 0 Å². The Bertz CT molecular complexity index is 1210. The average molecular weight is 809 g/mol. The number of likely N-dealkylation sites (N-methyl/N-ethyl adjacent to an activating group) is 2. The van der Waals surface area contributed by atoms with Crippen molar-refractivity contribution >= 4 is 12.3 Å². The molecule has 2 heterocycles. The number of methoxy groups -OCH3 is 1. The Kier molecular flexibility index (Phi) is 19.2. The van der Waals surface area contributed by atoms with Gasteiger partial charge in [-0.2, -0.15) is 0 Å². The van der Waals surface area contributed by atoms with Crippen molar-refractivity contribution in [2.45, 2.75) is 185 Å². The van der Waals surface area contributed by atoms with Gasteiger partial charge in [0.2, 0.25) is 0 Å². The molecule has 2 saturated heterocycles. The molecule has 18 atom stereocenters. The van der Waals surface area contributed by atoms with Crippen LogP contribution in [0.25, 0.3) is 0 Å². The zero-order chi connectivity index (χ0) is 43.1. The monoisotopic (exact) mass is 809 g/mol. The van der Waals surface area contributed by atoms with Crippen molar-refractivity contribution in [2.24, 2.45) is 17.8 Å². The van der Waals surface area contributed by atoms with E-state index in [-0.39, 0.29) is 37.3 Å². The Morgan fingerprint density at radius 2 is 1.66 bits per heavy atom. The summed E-state index contributed by atoms with van der Waals surface area (Å²) < 4.78 is 37.2. The van der Waals surface area contributed by atoms with E-state index in [1.165, 1.54) is 14.0 Å². The van der Waals surface area contributed by atoms with Crippen LogP contribution >= 0.6 is 0 Å². The van der Waals surface area contributed by atoms with Gasteiger partial charge in [-0.15, -0.1) is 0 Å². The number of nitrogens with zero attached hydrogens (tertiary/aromatic N) is 2. The number of carbonyl (C=O) groups is 2. The fourth-order valence-electron chi connectivity index (χ4n) is 8.57. The molecule has 0 aromatic heterocycles. The van der Waals surface area contributed by atoms with E-state index in [1.54, 1.807) is 55.5 Å². The van der Waals surface area contributed by atoms with E-state index in [1.807, 2.05) is 37.7 Å². The van der Waals surface area contributed by atoms with Crippen LogP contribution in [-0.4, -0.2) is 184 Å². The van der Waals surface area contributed by atoms with E-state index in [0.717, 1.165) is 6.29 Å². The summed E-state index contributed by atoms with van der Waals surface area (Å²) in [5, 5.41) is 65.5. The molecular formula is C40H76N2O14.